The van der Waals surface area contributed by atoms with Crippen molar-refractivity contribution in [3.8, 4) is 0 Å². The third-order valence-electron chi connectivity index (χ3n) is 9.34. The summed E-state index contributed by atoms with van der Waals surface area (Å²) in [5.41, 5.74) is -0.433. The normalized spacial score (nSPS) is 15.1. The summed E-state index contributed by atoms with van der Waals surface area (Å²) in [6, 6.07) is 24.9. The number of hydrogen-bond donors (Lipinski definition) is 0. The molecule has 44 heavy (non-hydrogen) atoms. The Morgan fingerprint density at radius 1 is 0.795 bits per heavy atom. The fraction of sp³-hybridized carbons (Fsp3) is 0.639. The predicted octanol–water partition coefficient (Wildman–Crippen LogP) is 8.54. The molecule has 0 aromatic heterocycles. The van der Waals surface area contributed by atoms with Gasteiger partial charge in [0.25, 0.3) is 8.32 Å². The van der Waals surface area contributed by atoms with Crippen molar-refractivity contribution in [2.45, 2.75) is 123 Å². The average molecular weight is 659 g/mol. The molecule has 2 atom stereocenters. The highest BCUT2D eigenvalue weighted by Crippen LogP contribution is 2.39. The summed E-state index contributed by atoms with van der Waals surface area (Å²) in [7, 11) is -5.05. The lowest BCUT2D eigenvalue weighted by Crippen LogP contribution is -2.67. The number of esters is 1. The molecule has 2 aromatic rings. The SMILES string of the molecule is CCC(CO[Si](CC)(CC)CC)(CC(CCC(=O)OC)CO[Si](c1ccccc1)(c1ccccc1)C(C)(C)C)O[Si](C)(C)C. The van der Waals surface area contributed by atoms with E-state index in [4.69, 9.17) is 18.0 Å². The van der Waals surface area contributed by atoms with Crippen molar-refractivity contribution in [2.24, 2.45) is 5.92 Å². The zero-order valence-electron chi connectivity index (χ0n) is 29.8. The van der Waals surface area contributed by atoms with Gasteiger partial charge in [-0.2, -0.15) is 0 Å². The highest BCUT2D eigenvalue weighted by atomic mass is 28.4. The maximum atomic E-state index is 12.5. The van der Waals surface area contributed by atoms with E-state index in [0.29, 0.717) is 26.1 Å². The Bertz CT molecular complexity index is 1060. The van der Waals surface area contributed by atoms with Gasteiger partial charge >= 0.3 is 5.97 Å². The standard InChI is InChI=1S/C36H62O5Si3/c1-12-36(41-42(9,10)11,30-40-43(13-2,14-3)15-4)28-31(26-27-34(37)38-8)29-39-44(35(5,6)7,32-22-18-16-19-23-32)33-24-20-17-21-25-33/h16-25,31H,12-15,26-30H2,1-11H3. The molecule has 0 aliphatic heterocycles. The minimum atomic E-state index is -2.75. The minimum absolute atomic E-state index is 0.0941. The van der Waals surface area contributed by atoms with E-state index in [1.54, 1.807) is 0 Å². The lowest BCUT2D eigenvalue weighted by molar-refractivity contribution is -0.141. The Balaban J connectivity index is 2.60. The number of methoxy groups -OCH3 is 1. The van der Waals surface area contributed by atoms with Crippen molar-refractivity contribution in [1.82, 2.24) is 0 Å². The molecule has 2 aromatic carbocycles. The van der Waals surface area contributed by atoms with Gasteiger partial charge in [0.15, 0.2) is 16.6 Å². The summed E-state index contributed by atoms with van der Waals surface area (Å²) in [4.78, 5) is 12.5. The minimum Gasteiger partial charge on any atom is -0.469 e. The predicted molar refractivity (Wildman–Crippen MR) is 194 cm³/mol. The molecule has 2 rings (SSSR count). The first-order valence-corrected chi connectivity index (χ1v) is 24.7. The number of ether oxygens (including phenoxy) is 1. The molecular weight excluding hydrogens is 597 g/mol. The second kappa shape index (κ2) is 16.8. The molecule has 0 amide bonds. The highest BCUT2D eigenvalue weighted by Gasteiger charge is 2.51. The molecule has 0 aliphatic rings. The monoisotopic (exact) mass is 658 g/mol. The van der Waals surface area contributed by atoms with E-state index >= 15 is 0 Å². The van der Waals surface area contributed by atoms with Crippen molar-refractivity contribution >= 4 is 41.3 Å². The van der Waals surface area contributed by atoms with Gasteiger partial charge in [-0.15, -0.1) is 0 Å². The number of benzene rings is 2. The Morgan fingerprint density at radius 3 is 1.68 bits per heavy atom. The van der Waals surface area contributed by atoms with Crippen LogP contribution in [0.4, 0.5) is 0 Å². The van der Waals surface area contributed by atoms with Gasteiger partial charge in [-0.25, -0.2) is 0 Å². The lowest BCUT2D eigenvalue weighted by atomic mass is 9.87. The molecule has 0 fully saturated rings. The van der Waals surface area contributed by atoms with E-state index in [0.717, 1.165) is 31.0 Å². The first-order valence-electron chi connectivity index (χ1n) is 16.8. The lowest BCUT2D eigenvalue weighted by Gasteiger charge is -2.46. The smallest absolute Gasteiger partial charge is 0.305 e. The van der Waals surface area contributed by atoms with Gasteiger partial charge in [0.2, 0.25) is 0 Å². The van der Waals surface area contributed by atoms with Crippen molar-refractivity contribution in [2.75, 3.05) is 20.3 Å². The van der Waals surface area contributed by atoms with E-state index in [1.165, 1.54) is 17.5 Å². The molecular formula is C36H62O5Si3. The zero-order valence-corrected chi connectivity index (χ0v) is 32.8. The van der Waals surface area contributed by atoms with Crippen molar-refractivity contribution < 1.29 is 22.8 Å². The van der Waals surface area contributed by atoms with Crippen LogP contribution in [0.15, 0.2) is 60.7 Å². The summed E-state index contributed by atoms with van der Waals surface area (Å²) in [5.74, 6) is -0.0871. The largest absolute Gasteiger partial charge is 0.469 e. The Hall–Kier alpha value is -1.56. The number of carbonyl (C=O) groups excluding carboxylic acids is 1. The van der Waals surface area contributed by atoms with Gasteiger partial charge < -0.3 is 18.0 Å². The van der Waals surface area contributed by atoms with Crippen LogP contribution in [0.2, 0.25) is 42.8 Å². The maximum Gasteiger partial charge on any atom is 0.305 e. The number of rotatable bonds is 19. The Morgan fingerprint density at radius 2 is 1.30 bits per heavy atom. The fourth-order valence-electron chi connectivity index (χ4n) is 6.64. The molecule has 8 heteroatoms. The topological polar surface area (TPSA) is 54.0 Å². The van der Waals surface area contributed by atoms with Crippen LogP contribution in [-0.2, 0) is 22.8 Å². The van der Waals surface area contributed by atoms with Gasteiger partial charge in [-0.3, -0.25) is 4.79 Å². The Labute approximate surface area is 272 Å². The van der Waals surface area contributed by atoms with Gasteiger partial charge in [0.05, 0.1) is 19.3 Å². The third-order valence-corrected chi connectivity index (χ3v) is 20.0. The van der Waals surface area contributed by atoms with E-state index < -0.39 is 30.6 Å². The zero-order chi connectivity index (χ0) is 33.1. The fourth-order valence-corrected chi connectivity index (χ4v) is 15.5. The van der Waals surface area contributed by atoms with Crippen LogP contribution in [0, 0.1) is 5.92 Å². The van der Waals surface area contributed by atoms with E-state index in [-0.39, 0.29) is 16.9 Å². The first-order chi connectivity index (χ1) is 20.7. The number of carbonyl (C=O) groups is 1. The molecule has 0 bridgehead atoms. The van der Waals surface area contributed by atoms with Gasteiger partial charge in [-0.05, 0) is 78.4 Å². The summed E-state index contributed by atoms with van der Waals surface area (Å²) in [5, 5.41) is 2.40. The second-order valence-corrected chi connectivity index (χ2v) is 28.0. The van der Waals surface area contributed by atoms with E-state index in [1.807, 2.05) is 0 Å². The molecule has 0 aliphatic carbocycles. The van der Waals surface area contributed by atoms with Crippen molar-refractivity contribution in [3.63, 3.8) is 0 Å². The summed E-state index contributed by atoms with van der Waals surface area (Å²) in [6.07, 6.45) is 2.67. The third kappa shape index (κ3) is 10.2. The summed E-state index contributed by atoms with van der Waals surface area (Å²) < 4.78 is 26.6. The van der Waals surface area contributed by atoms with Crippen LogP contribution in [0.1, 0.15) is 74.1 Å². The highest BCUT2D eigenvalue weighted by molar-refractivity contribution is 6.99. The molecule has 248 valence electrons. The van der Waals surface area contributed by atoms with E-state index in [2.05, 4.69) is 129 Å². The van der Waals surface area contributed by atoms with Crippen LogP contribution < -0.4 is 10.4 Å². The summed E-state index contributed by atoms with van der Waals surface area (Å²) in [6.45, 7) is 24.0. The maximum absolute atomic E-state index is 12.5. The van der Waals surface area contributed by atoms with Crippen LogP contribution in [0.3, 0.4) is 0 Å². The van der Waals surface area contributed by atoms with Crippen LogP contribution in [0.25, 0.3) is 0 Å². The van der Waals surface area contributed by atoms with Crippen molar-refractivity contribution in [3.05, 3.63) is 60.7 Å². The molecule has 0 N–H and O–H groups in total. The molecule has 0 spiro atoms. The molecule has 2 unspecified atom stereocenters. The summed E-state index contributed by atoms with van der Waals surface area (Å²) >= 11 is 0. The van der Waals surface area contributed by atoms with Gasteiger partial charge in [0.1, 0.15) is 0 Å². The van der Waals surface area contributed by atoms with Crippen LogP contribution in [-0.4, -0.2) is 56.8 Å². The van der Waals surface area contributed by atoms with E-state index in [9.17, 15) is 4.79 Å². The van der Waals surface area contributed by atoms with Gasteiger partial charge in [-0.1, -0.05) is 109 Å². The van der Waals surface area contributed by atoms with Crippen LogP contribution in [0.5, 0.6) is 0 Å². The average Bonchev–Trinajstić information content (AvgIpc) is 3.00. The Kier molecular flexibility index (Phi) is 14.8. The van der Waals surface area contributed by atoms with Gasteiger partial charge in [0, 0.05) is 13.0 Å². The molecule has 0 saturated heterocycles. The molecule has 0 saturated carbocycles. The molecule has 0 heterocycles. The quantitative estimate of drug-likeness (QED) is 0.112. The number of hydrogen-bond acceptors (Lipinski definition) is 5. The molecule has 5 nitrogen and oxygen atoms in total. The van der Waals surface area contributed by atoms with Crippen LogP contribution >= 0.6 is 0 Å². The first kappa shape index (κ1) is 38.6. The molecule has 0 radical (unpaired) electrons. The van der Waals surface area contributed by atoms with Crippen molar-refractivity contribution in [1.29, 1.82) is 0 Å². The second-order valence-electron chi connectivity index (χ2n) is 14.4.